The van der Waals surface area contributed by atoms with Crippen LogP contribution >= 0.6 is 11.3 Å². The molecule has 3 aromatic heterocycles. The summed E-state index contributed by atoms with van der Waals surface area (Å²) < 4.78 is 1.73. The first-order valence-corrected chi connectivity index (χ1v) is 8.94. The Kier molecular flexibility index (Phi) is 4.42. The topological polar surface area (TPSA) is 111 Å². The molecule has 0 saturated heterocycles. The standard InChI is InChI=1S/C15H16N8OS/c24-14(11-3-1-2-6-23-13(11)20-21-22-23)18-7-10-9-25-15(19-10)12-8-16-4-5-17-12/h4-5,8-9,11H,1-3,6-7H2,(H,18,24)/t11-/m1/s1. The summed E-state index contributed by atoms with van der Waals surface area (Å²) in [5, 5.41) is 17.3. The lowest BCUT2D eigenvalue weighted by Gasteiger charge is -2.12. The van der Waals surface area contributed by atoms with Crippen LogP contribution in [0.1, 0.15) is 36.7 Å². The van der Waals surface area contributed by atoms with E-state index in [0.29, 0.717) is 12.4 Å². The second kappa shape index (κ2) is 7.01. The van der Waals surface area contributed by atoms with Gasteiger partial charge in [-0.05, 0) is 23.3 Å². The summed E-state index contributed by atoms with van der Waals surface area (Å²) in [4.78, 5) is 25.4. The molecule has 1 N–H and O–H groups in total. The van der Waals surface area contributed by atoms with Crippen LogP contribution < -0.4 is 5.32 Å². The highest BCUT2D eigenvalue weighted by atomic mass is 32.1. The number of aryl methyl sites for hydroxylation is 1. The maximum Gasteiger partial charge on any atom is 0.231 e. The monoisotopic (exact) mass is 356 g/mol. The fraction of sp³-hybridized carbons (Fsp3) is 0.400. The highest BCUT2D eigenvalue weighted by Crippen LogP contribution is 2.24. The number of nitrogens with zero attached hydrogens (tertiary/aromatic N) is 7. The van der Waals surface area contributed by atoms with Gasteiger partial charge >= 0.3 is 0 Å². The number of hydrogen-bond donors (Lipinski definition) is 1. The van der Waals surface area contributed by atoms with Crippen molar-refractivity contribution >= 4 is 17.2 Å². The highest BCUT2D eigenvalue weighted by Gasteiger charge is 2.28. The molecule has 0 bridgehead atoms. The smallest absolute Gasteiger partial charge is 0.231 e. The van der Waals surface area contributed by atoms with Crippen LogP contribution in [0.2, 0.25) is 0 Å². The molecule has 25 heavy (non-hydrogen) atoms. The summed E-state index contributed by atoms with van der Waals surface area (Å²) in [7, 11) is 0. The van der Waals surface area contributed by atoms with E-state index in [9.17, 15) is 4.79 Å². The van der Waals surface area contributed by atoms with Gasteiger partial charge in [0.25, 0.3) is 0 Å². The molecule has 4 heterocycles. The van der Waals surface area contributed by atoms with E-state index in [4.69, 9.17) is 0 Å². The van der Waals surface area contributed by atoms with Gasteiger partial charge in [0.05, 0.1) is 24.4 Å². The molecule has 1 aliphatic rings. The third kappa shape index (κ3) is 3.38. The Morgan fingerprint density at radius 3 is 3.20 bits per heavy atom. The average Bonchev–Trinajstić information content (AvgIpc) is 3.26. The molecule has 4 rings (SSSR count). The van der Waals surface area contributed by atoms with Crippen LogP contribution in [0.25, 0.3) is 10.7 Å². The Morgan fingerprint density at radius 1 is 1.36 bits per heavy atom. The van der Waals surface area contributed by atoms with Crippen LogP contribution in [0.15, 0.2) is 24.0 Å². The van der Waals surface area contributed by atoms with Gasteiger partial charge in [-0.25, -0.2) is 9.67 Å². The van der Waals surface area contributed by atoms with Crippen LogP contribution in [0.4, 0.5) is 0 Å². The van der Waals surface area contributed by atoms with E-state index in [-0.39, 0.29) is 11.8 Å². The van der Waals surface area contributed by atoms with E-state index in [1.165, 1.54) is 11.3 Å². The molecule has 0 aliphatic carbocycles. The fourth-order valence-electron chi connectivity index (χ4n) is 2.82. The Morgan fingerprint density at radius 2 is 2.32 bits per heavy atom. The number of fused-ring (bicyclic) bond motifs is 1. The van der Waals surface area contributed by atoms with Gasteiger partial charge in [-0.1, -0.05) is 6.42 Å². The number of hydrogen-bond acceptors (Lipinski definition) is 8. The summed E-state index contributed by atoms with van der Waals surface area (Å²) in [6.45, 7) is 1.13. The zero-order chi connectivity index (χ0) is 17.1. The lowest BCUT2D eigenvalue weighted by atomic mass is 10.0. The molecule has 0 radical (unpaired) electrons. The minimum absolute atomic E-state index is 0.0630. The molecule has 0 aromatic carbocycles. The number of aromatic nitrogens is 7. The van der Waals surface area contributed by atoms with Crippen molar-refractivity contribution in [1.82, 2.24) is 40.5 Å². The maximum absolute atomic E-state index is 12.6. The van der Waals surface area contributed by atoms with Crippen molar-refractivity contribution < 1.29 is 4.79 Å². The van der Waals surface area contributed by atoms with E-state index >= 15 is 0 Å². The fourth-order valence-corrected chi connectivity index (χ4v) is 3.60. The number of thiazole rings is 1. The van der Waals surface area contributed by atoms with E-state index in [1.807, 2.05) is 5.38 Å². The van der Waals surface area contributed by atoms with Gasteiger partial charge in [-0.3, -0.25) is 14.8 Å². The van der Waals surface area contributed by atoms with Crippen molar-refractivity contribution in [3.63, 3.8) is 0 Å². The van der Waals surface area contributed by atoms with Crippen molar-refractivity contribution in [2.24, 2.45) is 0 Å². The van der Waals surface area contributed by atoms with Gasteiger partial charge in [-0.15, -0.1) is 16.4 Å². The first-order valence-electron chi connectivity index (χ1n) is 8.06. The number of tetrazole rings is 1. The molecule has 1 atom stereocenters. The normalized spacial score (nSPS) is 16.9. The molecular weight excluding hydrogens is 340 g/mol. The quantitative estimate of drug-likeness (QED) is 0.747. The first kappa shape index (κ1) is 15.8. The molecule has 1 aliphatic heterocycles. The van der Waals surface area contributed by atoms with Crippen LogP contribution in [0, 0.1) is 0 Å². The summed E-state index contributed by atoms with van der Waals surface area (Å²) >= 11 is 1.48. The third-order valence-corrected chi connectivity index (χ3v) is 4.99. The Bertz CT molecular complexity index is 861. The van der Waals surface area contributed by atoms with Crippen molar-refractivity contribution in [3.05, 3.63) is 35.5 Å². The summed E-state index contributed by atoms with van der Waals surface area (Å²) in [6, 6.07) is 0. The van der Waals surface area contributed by atoms with Gasteiger partial charge in [0.15, 0.2) is 5.82 Å². The van der Waals surface area contributed by atoms with Crippen molar-refractivity contribution in [2.45, 2.75) is 38.3 Å². The molecule has 0 unspecified atom stereocenters. The van der Waals surface area contributed by atoms with Gasteiger partial charge in [-0.2, -0.15) is 0 Å². The molecule has 0 fully saturated rings. The van der Waals surface area contributed by atoms with Crippen LogP contribution in [-0.4, -0.2) is 41.1 Å². The van der Waals surface area contributed by atoms with Gasteiger partial charge < -0.3 is 5.32 Å². The van der Waals surface area contributed by atoms with E-state index in [0.717, 1.165) is 42.2 Å². The predicted octanol–water partition coefficient (Wildman–Crippen LogP) is 1.17. The van der Waals surface area contributed by atoms with Gasteiger partial charge in [0.1, 0.15) is 10.7 Å². The van der Waals surface area contributed by atoms with E-state index in [2.05, 4.69) is 35.8 Å². The van der Waals surface area contributed by atoms with E-state index in [1.54, 1.807) is 23.3 Å². The Labute approximate surface area is 147 Å². The largest absolute Gasteiger partial charge is 0.350 e. The van der Waals surface area contributed by atoms with E-state index < -0.39 is 0 Å². The zero-order valence-corrected chi connectivity index (χ0v) is 14.2. The van der Waals surface area contributed by atoms with Crippen molar-refractivity contribution in [2.75, 3.05) is 0 Å². The summed E-state index contributed by atoms with van der Waals surface area (Å²) in [5.41, 5.74) is 1.53. The number of carbonyl (C=O) groups is 1. The Hall–Kier alpha value is -2.75. The molecule has 1 amide bonds. The van der Waals surface area contributed by atoms with Crippen molar-refractivity contribution in [3.8, 4) is 10.7 Å². The van der Waals surface area contributed by atoms with Crippen LogP contribution in [0.5, 0.6) is 0 Å². The molecule has 0 spiro atoms. The third-order valence-electron chi connectivity index (χ3n) is 4.08. The summed E-state index contributed by atoms with van der Waals surface area (Å²) in [6.07, 6.45) is 7.64. The molecular formula is C15H16N8OS. The SMILES string of the molecule is O=C(NCc1csc(-c2cnccn2)n1)[C@@H]1CCCCn2nnnc21. The predicted molar refractivity (Wildman–Crippen MR) is 89.4 cm³/mol. The molecule has 9 nitrogen and oxygen atoms in total. The number of nitrogens with one attached hydrogen (secondary N) is 1. The molecule has 10 heteroatoms. The second-order valence-electron chi connectivity index (χ2n) is 5.76. The minimum atomic E-state index is -0.310. The maximum atomic E-state index is 12.6. The minimum Gasteiger partial charge on any atom is -0.350 e. The van der Waals surface area contributed by atoms with Gasteiger partial charge in [0.2, 0.25) is 5.91 Å². The first-order chi connectivity index (χ1) is 12.3. The Balaban J connectivity index is 1.42. The number of rotatable bonds is 4. The average molecular weight is 356 g/mol. The highest BCUT2D eigenvalue weighted by molar-refractivity contribution is 7.13. The number of carbonyl (C=O) groups excluding carboxylic acids is 1. The lowest BCUT2D eigenvalue weighted by Crippen LogP contribution is -2.30. The summed E-state index contributed by atoms with van der Waals surface area (Å²) in [5.74, 6) is 0.274. The zero-order valence-electron chi connectivity index (χ0n) is 13.4. The van der Waals surface area contributed by atoms with Crippen molar-refractivity contribution in [1.29, 1.82) is 0 Å². The molecule has 3 aromatic rings. The number of amides is 1. The van der Waals surface area contributed by atoms with Gasteiger partial charge in [0, 0.05) is 24.3 Å². The second-order valence-corrected chi connectivity index (χ2v) is 6.62. The van der Waals surface area contributed by atoms with Crippen LogP contribution in [0.3, 0.4) is 0 Å². The lowest BCUT2D eigenvalue weighted by molar-refractivity contribution is -0.123. The van der Waals surface area contributed by atoms with Crippen LogP contribution in [-0.2, 0) is 17.9 Å². The molecule has 0 saturated carbocycles. The molecule has 128 valence electrons.